The van der Waals surface area contributed by atoms with Gasteiger partial charge in [0, 0.05) is 30.1 Å². The minimum Gasteiger partial charge on any atom is -0.354 e. The SMILES string of the molecule is Cl.NCCCC(=O)NCCNC(=O)c1ccc(Cl)cc1. The summed E-state index contributed by atoms with van der Waals surface area (Å²) in [6.45, 7) is 1.29. The lowest BCUT2D eigenvalue weighted by molar-refractivity contribution is -0.121. The Hall–Kier alpha value is -1.30. The van der Waals surface area contributed by atoms with E-state index in [4.69, 9.17) is 17.3 Å². The molecule has 0 saturated heterocycles. The van der Waals surface area contributed by atoms with Crippen molar-refractivity contribution in [3.8, 4) is 0 Å². The van der Waals surface area contributed by atoms with E-state index in [1.54, 1.807) is 24.3 Å². The molecule has 5 nitrogen and oxygen atoms in total. The summed E-state index contributed by atoms with van der Waals surface area (Å²) in [6, 6.07) is 6.62. The third-order valence-electron chi connectivity index (χ3n) is 2.45. The van der Waals surface area contributed by atoms with Gasteiger partial charge in [-0.1, -0.05) is 11.6 Å². The molecule has 2 amide bonds. The Kier molecular flexibility index (Phi) is 9.80. The van der Waals surface area contributed by atoms with Crippen molar-refractivity contribution >= 4 is 35.8 Å². The molecule has 0 unspecified atom stereocenters. The molecule has 0 aliphatic heterocycles. The summed E-state index contributed by atoms with van der Waals surface area (Å²) in [5, 5.41) is 6.00. The largest absolute Gasteiger partial charge is 0.354 e. The average Bonchev–Trinajstić information content (AvgIpc) is 2.41. The summed E-state index contributed by atoms with van der Waals surface area (Å²) >= 11 is 5.73. The highest BCUT2D eigenvalue weighted by Crippen LogP contribution is 2.08. The van der Waals surface area contributed by atoms with Gasteiger partial charge in [-0.15, -0.1) is 12.4 Å². The lowest BCUT2D eigenvalue weighted by atomic mass is 10.2. The van der Waals surface area contributed by atoms with Gasteiger partial charge in [-0.3, -0.25) is 9.59 Å². The van der Waals surface area contributed by atoms with Gasteiger partial charge >= 0.3 is 0 Å². The third-order valence-corrected chi connectivity index (χ3v) is 2.70. The summed E-state index contributed by atoms with van der Waals surface area (Å²) in [4.78, 5) is 22.9. The summed E-state index contributed by atoms with van der Waals surface area (Å²) in [5.74, 6) is -0.237. The Morgan fingerprint density at radius 3 is 2.30 bits per heavy atom. The van der Waals surface area contributed by atoms with Crippen molar-refractivity contribution in [3.63, 3.8) is 0 Å². The number of nitrogens with two attached hydrogens (primary N) is 1. The van der Waals surface area contributed by atoms with Gasteiger partial charge in [0.2, 0.25) is 5.91 Å². The zero-order valence-electron chi connectivity index (χ0n) is 11.0. The summed E-state index contributed by atoms with van der Waals surface area (Å²) in [5.41, 5.74) is 5.84. The number of hydrogen-bond donors (Lipinski definition) is 3. The van der Waals surface area contributed by atoms with Gasteiger partial charge in [-0.25, -0.2) is 0 Å². The molecule has 0 saturated carbocycles. The zero-order valence-corrected chi connectivity index (χ0v) is 12.6. The molecule has 0 bridgehead atoms. The predicted octanol–water partition coefficient (Wildman–Crippen LogP) is 1.35. The Labute approximate surface area is 129 Å². The van der Waals surface area contributed by atoms with Crippen LogP contribution in [0.2, 0.25) is 5.02 Å². The number of nitrogens with one attached hydrogen (secondary N) is 2. The van der Waals surface area contributed by atoms with E-state index in [2.05, 4.69) is 10.6 Å². The molecule has 7 heteroatoms. The van der Waals surface area contributed by atoms with Crippen LogP contribution in [0, 0.1) is 0 Å². The van der Waals surface area contributed by atoms with Crippen molar-refractivity contribution in [1.82, 2.24) is 10.6 Å². The molecule has 1 rings (SSSR count). The van der Waals surface area contributed by atoms with Crippen LogP contribution in [0.1, 0.15) is 23.2 Å². The van der Waals surface area contributed by atoms with E-state index < -0.39 is 0 Å². The smallest absolute Gasteiger partial charge is 0.251 e. The summed E-state index contributed by atoms with van der Waals surface area (Å²) in [6.07, 6.45) is 1.09. The predicted molar refractivity (Wildman–Crippen MR) is 82.3 cm³/mol. The highest BCUT2D eigenvalue weighted by atomic mass is 35.5. The van der Waals surface area contributed by atoms with Gasteiger partial charge in [0.1, 0.15) is 0 Å². The summed E-state index contributed by atoms with van der Waals surface area (Å²) < 4.78 is 0. The Morgan fingerprint density at radius 2 is 1.70 bits per heavy atom. The van der Waals surface area contributed by atoms with Crippen molar-refractivity contribution in [1.29, 1.82) is 0 Å². The highest BCUT2D eigenvalue weighted by molar-refractivity contribution is 6.30. The zero-order chi connectivity index (χ0) is 14.1. The molecular weight excluding hydrogens is 301 g/mol. The minimum atomic E-state index is -0.187. The van der Waals surface area contributed by atoms with Crippen molar-refractivity contribution in [3.05, 3.63) is 34.9 Å². The molecular formula is C13H19Cl2N3O2. The first-order valence-electron chi connectivity index (χ1n) is 6.14. The molecule has 0 spiro atoms. The number of carbonyl (C=O) groups is 2. The maximum Gasteiger partial charge on any atom is 0.251 e. The molecule has 0 heterocycles. The number of carbonyl (C=O) groups excluding carboxylic acids is 2. The fraction of sp³-hybridized carbons (Fsp3) is 0.385. The first kappa shape index (κ1) is 18.7. The second-order valence-electron chi connectivity index (χ2n) is 4.00. The first-order chi connectivity index (χ1) is 9.13. The number of halogens is 2. The fourth-order valence-electron chi connectivity index (χ4n) is 1.43. The van der Waals surface area contributed by atoms with E-state index in [-0.39, 0.29) is 24.2 Å². The lowest BCUT2D eigenvalue weighted by Gasteiger charge is -2.07. The van der Waals surface area contributed by atoms with Crippen molar-refractivity contribution in [2.75, 3.05) is 19.6 Å². The normalized spacial score (nSPS) is 9.50. The molecule has 112 valence electrons. The van der Waals surface area contributed by atoms with Gasteiger partial charge in [0.25, 0.3) is 5.91 Å². The minimum absolute atomic E-state index is 0. The van der Waals surface area contributed by atoms with E-state index in [0.717, 1.165) is 0 Å². The number of amides is 2. The number of hydrogen-bond acceptors (Lipinski definition) is 3. The van der Waals surface area contributed by atoms with Crippen LogP contribution in [0.3, 0.4) is 0 Å². The molecule has 0 fully saturated rings. The quantitative estimate of drug-likeness (QED) is 0.663. The van der Waals surface area contributed by atoms with Crippen LogP contribution >= 0.6 is 24.0 Å². The fourth-order valence-corrected chi connectivity index (χ4v) is 1.56. The van der Waals surface area contributed by atoms with Gasteiger partial charge in [-0.2, -0.15) is 0 Å². The van der Waals surface area contributed by atoms with Gasteiger partial charge in [-0.05, 0) is 37.2 Å². The molecule has 20 heavy (non-hydrogen) atoms. The van der Waals surface area contributed by atoms with Gasteiger partial charge < -0.3 is 16.4 Å². The Balaban J connectivity index is 0.00000361. The molecule has 0 atom stereocenters. The van der Waals surface area contributed by atoms with Gasteiger partial charge in [0.05, 0.1) is 0 Å². The molecule has 4 N–H and O–H groups in total. The van der Waals surface area contributed by atoms with Gasteiger partial charge in [0.15, 0.2) is 0 Å². The number of benzene rings is 1. The monoisotopic (exact) mass is 319 g/mol. The van der Waals surface area contributed by atoms with Crippen LogP contribution in [-0.4, -0.2) is 31.4 Å². The standard InChI is InChI=1S/C13H18ClN3O2.ClH/c14-11-5-3-10(4-6-11)13(19)17-9-8-16-12(18)2-1-7-15;/h3-6H,1-2,7-9,15H2,(H,16,18)(H,17,19);1H. The van der Waals surface area contributed by atoms with Crippen LogP contribution < -0.4 is 16.4 Å². The van der Waals surface area contributed by atoms with Crippen molar-refractivity contribution < 1.29 is 9.59 Å². The van der Waals surface area contributed by atoms with E-state index in [9.17, 15) is 9.59 Å². The Morgan fingerprint density at radius 1 is 1.10 bits per heavy atom. The van der Waals surface area contributed by atoms with Crippen LogP contribution in [-0.2, 0) is 4.79 Å². The maximum absolute atomic E-state index is 11.7. The number of rotatable bonds is 7. The molecule has 1 aromatic carbocycles. The van der Waals surface area contributed by atoms with E-state index >= 15 is 0 Å². The van der Waals surface area contributed by atoms with Crippen molar-refractivity contribution in [2.24, 2.45) is 5.73 Å². The van der Waals surface area contributed by atoms with Crippen LogP contribution in [0.15, 0.2) is 24.3 Å². The van der Waals surface area contributed by atoms with E-state index in [1.807, 2.05) is 0 Å². The average molecular weight is 320 g/mol. The highest BCUT2D eigenvalue weighted by Gasteiger charge is 2.04. The summed E-state index contributed by atoms with van der Waals surface area (Å²) in [7, 11) is 0. The third kappa shape index (κ3) is 7.33. The van der Waals surface area contributed by atoms with E-state index in [1.165, 1.54) is 0 Å². The lowest BCUT2D eigenvalue weighted by Crippen LogP contribution is -2.34. The van der Waals surface area contributed by atoms with Crippen LogP contribution in [0.25, 0.3) is 0 Å². The maximum atomic E-state index is 11.7. The van der Waals surface area contributed by atoms with Crippen LogP contribution in [0.4, 0.5) is 0 Å². The van der Waals surface area contributed by atoms with Crippen LogP contribution in [0.5, 0.6) is 0 Å². The molecule has 0 aliphatic carbocycles. The second kappa shape index (κ2) is 10.5. The Bertz CT molecular complexity index is 424. The van der Waals surface area contributed by atoms with Crippen molar-refractivity contribution in [2.45, 2.75) is 12.8 Å². The molecule has 0 aromatic heterocycles. The molecule has 0 radical (unpaired) electrons. The van der Waals surface area contributed by atoms with E-state index in [0.29, 0.717) is 43.1 Å². The molecule has 1 aromatic rings. The second-order valence-corrected chi connectivity index (χ2v) is 4.44. The first-order valence-corrected chi connectivity index (χ1v) is 6.52. The topological polar surface area (TPSA) is 84.2 Å². The molecule has 0 aliphatic rings.